The van der Waals surface area contributed by atoms with Gasteiger partial charge in [0.2, 0.25) is 9.84 Å². The molecule has 148 valence electrons. The third-order valence-corrected chi connectivity index (χ3v) is 7.65. The molecular weight excluding hydrogens is 379 g/mol. The molecule has 3 aromatic rings. The largest absolute Gasteiger partial charge is 0.331 e. The Balaban J connectivity index is 1.42. The summed E-state index contributed by atoms with van der Waals surface area (Å²) in [4.78, 5) is 10.7. The van der Waals surface area contributed by atoms with Crippen molar-refractivity contribution in [1.82, 2.24) is 19.4 Å². The summed E-state index contributed by atoms with van der Waals surface area (Å²) in [6, 6.07) is 8.27. The number of likely N-dealkylation sites (tertiary alicyclic amines) is 1. The van der Waals surface area contributed by atoms with E-state index in [4.69, 9.17) is 0 Å². The Labute approximate surface area is 163 Å². The first-order valence-electron chi connectivity index (χ1n) is 9.42. The zero-order valence-corrected chi connectivity index (χ0v) is 16.6. The SMILES string of the molecule is Cn1cnc2ccnc(S(=O)(=O)C3CCN(CCc4ccc(F)cc4)CC3)c21. The molecule has 0 bridgehead atoms. The Morgan fingerprint density at radius 1 is 1.11 bits per heavy atom. The highest BCUT2D eigenvalue weighted by molar-refractivity contribution is 7.92. The number of pyridine rings is 1. The molecule has 1 saturated heterocycles. The van der Waals surface area contributed by atoms with E-state index in [2.05, 4.69) is 14.9 Å². The van der Waals surface area contributed by atoms with Gasteiger partial charge in [-0.05, 0) is 56.1 Å². The number of piperidine rings is 1. The van der Waals surface area contributed by atoms with Gasteiger partial charge in [-0.15, -0.1) is 0 Å². The Morgan fingerprint density at radius 3 is 2.54 bits per heavy atom. The van der Waals surface area contributed by atoms with Crippen LogP contribution < -0.4 is 0 Å². The van der Waals surface area contributed by atoms with Crippen molar-refractivity contribution in [1.29, 1.82) is 0 Å². The second kappa shape index (κ2) is 7.60. The Kier molecular flexibility index (Phi) is 5.16. The maximum absolute atomic E-state index is 13.2. The molecule has 8 heteroatoms. The molecule has 0 saturated carbocycles. The summed E-state index contributed by atoms with van der Waals surface area (Å²) in [6.45, 7) is 2.30. The number of imidazole rings is 1. The molecule has 3 heterocycles. The number of nitrogens with zero attached hydrogens (tertiary/aromatic N) is 4. The highest BCUT2D eigenvalue weighted by Crippen LogP contribution is 2.28. The summed E-state index contributed by atoms with van der Waals surface area (Å²) in [7, 11) is -1.73. The quantitative estimate of drug-likeness (QED) is 0.656. The molecule has 0 radical (unpaired) electrons. The lowest BCUT2D eigenvalue weighted by Gasteiger charge is -2.31. The van der Waals surface area contributed by atoms with Crippen molar-refractivity contribution >= 4 is 20.9 Å². The maximum atomic E-state index is 13.2. The van der Waals surface area contributed by atoms with Gasteiger partial charge in [0.1, 0.15) is 11.3 Å². The molecule has 0 spiro atoms. The van der Waals surface area contributed by atoms with Crippen molar-refractivity contribution in [2.75, 3.05) is 19.6 Å². The Hall–Kier alpha value is -2.32. The van der Waals surface area contributed by atoms with Crippen LogP contribution in [-0.4, -0.2) is 52.7 Å². The molecule has 1 aliphatic rings. The van der Waals surface area contributed by atoms with Crippen LogP contribution >= 0.6 is 0 Å². The molecule has 0 aliphatic carbocycles. The number of sulfone groups is 1. The van der Waals surface area contributed by atoms with E-state index in [1.165, 1.54) is 18.3 Å². The summed E-state index contributed by atoms with van der Waals surface area (Å²) in [5, 5.41) is -0.294. The molecule has 28 heavy (non-hydrogen) atoms. The smallest absolute Gasteiger partial charge is 0.200 e. The average Bonchev–Trinajstić information content (AvgIpc) is 3.09. The van der Waals surface area contributed by atoms with E-state index in [1.807, 2.05) is 0 Å². The number of halogens is 1. The van der Waals surface area contributed by atoms with Gasteiger partial charge in [0, 0.05) is 19.8 Å². The van der Waals surface area contributed by atoms with Crippen molar-refractivity contribution in [2.45, 2.75) is 29.5 Å². The van der Waals surface area contributed by atoms with Gasteiger partial charge in [-0.3, -0.25) is 0 Å². The number of rotatable bonds is 5. The predicted octanol–water partition coefficient (Wildman–Crippen LogP) is 2.59. The second-order valence-corrected chi connectivity index (χ2v) is 9.45. The molecule has 2 aromatic heterocycles. The first-order valence-corrected chi connectivity index (χ1v) is 11.0. The lowest BCUT2D eigenvalue weighted by atomic mass is 10.1. The standard InChI is InChI=1S/C20H23FN4O2S/c1-24-14-23-18-6-10-22-20(19(18)24)28(26,27)17-8-12-25(13-9-17)11-7-15-2-4-16(21)5-3-15/h2-6,10,14,17H,7-9,11-13H2,1H3. The van der Waals surface area contributed by atoms with Crippen LogP contribution in [0.4, 0.5) is 4.39 Å². The Bertz CT molecular complexity index is 1070. The van der Waals surface area contributed by atoms with Crippen molar-refractivity contribution in [3.63, 3.8) is 0 Å². The van der Waals surface area contributed by atoms with Crippen LogP contribution in [0, 0.1) is 5.82 Å². The summed E-state index contributed by atoms with van der Waals surface area (Å²) < 4.78 is 41.1. The predicted molar refractivity (Wildman–Crippen MR) is 105 cm³/mol. The van der Waals surface area contributed by atoms with Gasteiger partial charge in [0.15, 0.2) is 5.03 Å². The number of fused-ring (bicyclic) bond motifs is 1. The molecule has 1 aliphatic heterocycles. The average molecular weight is 402 g/mol. The zero-order chi connectivity index (χ0) is 19.7. The molecule has 4 rings (SSSR count). The van der Waals surface area contributed by atoms with Crippen molar-refractivity contribution in [3.8, 4) is 0 Å². The lowest BCUT2D eigenvalue weighted by molar-refractivity contribution is 0.232. The van der Waals surface area contributed by atoms with Gasteiger partial charge in [-0.1, -0.05) is 12.1 Å². The molecule has 0 unspecified atom stereocenters. The van der Waals surface area contributed by atoms with Gasteiger partial charge in [0.05, 0.1) is 17.1 Å². The normalized spacial score (nSPS) is 16.6. The van der Waals surface area contributed by atoms with Crippen LogP contribution in [0.25, 0.3) is 11.0 Å². The number of aromatic nitrogens is 3. The van der Waals surface area contributed by atoms with Gasteiger partial charge >= 0.3 is 0 Å². The van der Waals surface area contributed by atoms with E-state index >= 15 is 0 Å². The van der Waals surface area contributed by atoms with E-state index in [-0.39, 0.29) is 10.8 Å². The van der Waals surface area contributed by atoms with Crippen LogP contribution in [0.2, 0.25) is 0 Å². The fraction of sp³-hybridized carbons (Fsp3) is 0.400. The highest BCUT2D eigenvalue weighted by atomic mass is 32.2. The van der Waals surface area contributed by atoms with Crippen molar-refractivity contribution in [2.24, 2.45) is 7.05 Å². The first-order chi connectivity index (χ1) is 13.4. The van der Waals surface area contributed by atoms with Gasteiger partial charge in [-0.25, -0.2) is 22.8 Å². The minimum atomic E-state index is -3.52. The highest BCUT2D eigenvalue weighted by Gasteiger charge is 2.34. The molecule has 0 amide bonds. The molecular formula is C20H23FN4O2S. The molecule has 1 fully saturated rings. The number of aryl methyl sites for hydroxylation is 1. The van der Waals surface area contributed by atoms with Gasteiger partial charge < -0.3 is 9.47 Å². The topological polar surface area (TPSA) is 68.1 Å². The Morgan fingerprint density at radius 2 is 1.82 bits per heavy atom. The fourth-order valence-electron chi connectivity index (χ4n) is 3.82. The minimum Gasteiger partial charge on any atom is -0.331 e. The van der Waals surface area contributed by atoms with Gasteiger partial charge in [-0.2, -0.15) is 0 Å². The lowest BCUT2D eigenvalue weighted by Crippen LogP contribution is -2.40. The molecule has 0 N–H and O–H groups in total. The molecule has 6 nitrogen and oxygen atoms in total. The van der Waals surface area contributed by atoms with Gasteiger partial charge in [0.25, 0.3) is 0 Å². The van der Waals surface area contributed by atoms with Crippen LogP contribution in [0.1, 0.15) is 18.4 Å². The minimum absolute atomic E-state index is 0.134. The van der Waals surface area contributed by atoms with Crippen LogP contribution in [0.3, 0.4) is 0 Å². The summed E-state index contributed by atoms with van der Waals surface area (Å²) in [5.41, 5.74) is 2.30. The van der Waals surface area contributed by atoms with E-state index in [0.717, 1.165) is 31.6 Å². The fourth-order valence-corrected chi connectivity index (χ4v) is 5.69. The zero-order valence-electron chi connectivity index (χ0n) is 15.8. The first kappa shape index (κ1) is 19.0. The number of benzene rings is 1. The van der Waals surface area contributed by atoms with Crippen molar-refractivity contribution in [3.05, 3.63) is 54.2 Å². The summed E-state index contributed by atoms with van der Waals surface area (Å²) >= 11 is 0. The second-order valence-electron chi connectivity index (χ2n) is 7.30. The number of hydrogen-bond donors (Lipinski definition) is 0. The van der Waals surface area contributed by atoms with Crippen LogP contribution in [0.5, 0.6) is 0 Å². The van der Waals surface area contributed by atoms with E-state index in [9.17, 15) is 12.8 Å². The molecule has 1 aromatic carbocycles. The third-order valence-electron chi connectivity index (χ3n) is 5.47. The van der Waals surface area contributed by atoms with E-state index in [0.29, 0.717) is 23.9 Å². The monoisotopic (exact) mass is 402 g/mol. The van der Waals surface area contributed by atoms with Crippen LogP contribution in [0.15, 0.2) is 47.9 Å². The van der Waals surface area contributed by atoms with Crippen molar-refractivity contribution < 1.29 is 12.8 Å². The van der Waals surface area contributed by atoms with E-state index in [1.54, 1.807) is 36.1 Å². The van der Waals surface area contributed by atoms with E-state index < -0.39 is 15.1 Å². The number of hydrogen-bond acceptors (Lipinski definition) is 5. The molecule has 0 atom stereocenters. The summed E-state index contributed by atoms with van der Waals surface area (Å²) in [6.07, 6.45) is 5.13. The third kappa shape index (κ3) is 3.66. The summed E-state index contributed by atoms with van der Waals surface area (Å²) in [5.74, 6) is -0.230. The maximum Gasteiger partial charge on any atom is 0.200 e. The van der Waals surface area contributed by atoms with Crippen LogP contribution in [-0.2, 0) is 23.3 Å².